The van der Waals surface area contributed by atoms with E-state index in [0.717, 1.165) is 81.2 Å². The summed E-state index contributed by atoms with van der Waals surface area (Å²) in [6, 6.07) is 9.15. The number of nitrogens with one attached hydrogen (secondary N) is 2. The van der Waals surface area contributed by atoms with Gasteiger partial charge in [0.1, 0.15) is 24.0 Å². The summed E-state index contributed by atoms with van der Waals surface area (Å²) in [5.74, 6) is 1.14. The van der Waals surface area contributed by atoms with Gasteiger partial charge < -0.3 is 20.6 Å². The number of pyridine rings is 1. The second-order valence-electron chi connectivity index (χ2n) is 10.8. The number of fused-ring (bicyclic) bond motifs is 1. The zero-order valence-electron chi connectivity index (χ0n) is 24.4. The molecule has 4 aromatic rings. The number of aliphatic carboxylic acids is 1. The maximum Gasteiger partial charge on any atom is 0.326 e. The predicted molar refractivity (Wildman–Crippen MR) is 161 cm³/mol. The highest BCUT2D eigenvalue weighted by Gasteiger charge is 2.20. The molecule has 5 heterocycles. The molecule has 0 bridgehead atoms. The van der Waals surface area contributed by atoms with Crippen LogP contribution >= 0.6 is 0 Å². The molecule has 0 saturated carbocycles. The third-order valence-corrected chi connectivity index (χ3v) is 7.59. The highest BCUT2D eigenvalue weighted by molar-refractivity contribution is 5.76. The van der Waals surface area contributed by atoms with Gasteiger partial charge in [0.2, 0.25) is 0 Å². The van der Waals surface area contributed by atoms with Crippen LogP contribution in [-0.4, -0.2) is 82.7 Å². The Morgan fingerprint density at radius 1 is 1.17 bits per heavy atom. The van der Waals surface area contributed by atoms with Crippen molar-refractivity contribution >= 4 is 17.6 Å². The Bertz CT molecular complexity index is 1450. The zero-order chi connectivity index (χ0) is 29.3. The average Bonchev–Trinajstić information content (AvgIpc) is 3.65. The van der Waals surface area contributed by atoms with E-state index in [-0.39, 0.29) is 0 Å². The number of unbranched alkanes of at least 4 members (excludes halogenated alkanes) is 1. The van der Waals surface area contributed by atoms with Crippen LogP contribution in [0.1, 0.15) is 48.3 Å². The Balaban J connectivity index is 1.18. The lowest BCUT2D eigenvalue weighted by Crippen LogP contribution is -2.37. The van der Waals surface area contributed by atoms with Crippen LogP contribution < -0.4 is 10.6 Å². The van der Waals surface area contributed by atoms with Crippen molar-refractivity contribution in [3.8, 4) is 5.82 Å². The van der Waals surface area contributed by atoms with Crippen molar-refractivity contribution in [1.29, 1.82) is 0 Å². The van der Waals surface area contributed by atoms with E-state index in [9.17, 15) is 9.90 Å². The second-order valence-corrected chi connectivity index (χ2v) is 10.8. The molecule has 0 amide bonds. The first-order valence-corrected chi connectivity index (χ1v) is 14.7. The van der Waals surface area contributed by atoms with Crippen LogP contribution in [0.15, 0.2) is 49.1 Å². The Kier molecular flexibility index (Phi) is 9.75. The largest absolute Gasteiger partial charge is 0.480 e. The highest BCUT2D eigenvalue weighted by Crippen LogP contribution is 2.20. The van der Waals surface area contributed by atoms with Gasteiger partial charge in [-0.1, -0.05) is 6.07 Å². The molecule has 42 heavy (non-hydrogen) atoms. The first-order valence-electron chi connectivity index (χ1n) is 14.7. The Hall–Kier alpha value is -4.32. The molecule has 1 aliphatic rings. The van der Waals surface area contributed by atoms with E-state index in [2.05, 4.69) is 60.8 Å². The minimum absolute atomic E-state index is 0.422. The van der Waals surface area contributed by atoms with Gasteiger partial charge in [-0.05, 0) is 82.7 Å². The SMILES string of the molecule is Cc1cc(C)n(CCN(CCCCc2ccc3c(n2)NCCC3)CC[C@H](Nc2cc(-n3cccn3)ncn2)C(=O)O)n1. The molecular weight excluding hydrogens is 532 g/mol. The fourth-order valence-electron chi connectivity index (χ4n) is 5.33. The van der Waals surface area contributed by atoms with Crippen LogP contribution in [0.3, 0.4) is 0 Å². The summed E-state index contributed by atoms with van der Waals surface area (Å²) >= 11 is 0. The lowest BCUT2D eigenvalue weighted by molar-refractivity contribution is -0.138. The van der Waals surface area contributed by atoms with Crippen LogP contribution in [-0.2, 0) is 24.2 Å². The second kappa shape index (κ2) is 14.0. The quantitative estimate of drug-likeness (QED) is 0.181. The van der Waals surface area contributed by atoms with Crippen molar-refractivity contribution < 1.29 is 9.90 Å². The molecule has 3 N–H and O–H groups in total. The summed E-state index contributed by atoms with van der Waals surface area (Å²) in [7, 11) is 0. The predicted octanol–water partition coefficient (Wildman–Crippen LogP) is 3.51. The number of aromatic nitrogens is 7. The third-order valence-electron chi connectivity index (χ3n) is 7.59. The summed E-state index contributed by atoms with van der Waals surface area (Å²) in [5, 5.41) is 25.3. The number of hydrogen-bond acceptors (Lipinski definition) is 9. The van der Waals surface area contributed by atoms with Gasteiger partial charge in [0.15, 0.2) is 5.82 Å². The molecule has 0 aromatic carbocycles. The summed E-state index contributed by atoms with van der Waals surface area (Å²) in [5.41, 5.74) is 4.55. The van der Waals surface area contributed by atoms with E-state index in [1.165, 1.54) is 11.9 Å². The Labute approximate surface area is 246 Å². The van der Waals surface area contributed by atoms with Gasteiger partial charge in [-0.2, -0.15) is 10.2 Å². The number of carboxylic acids is 1. The first kappa shape index (κ1) is 29.2. The molecule has 0 unspecified atom stereocenters. The molecule has 0 fully saturated rings. The fourth-order valence-corrected chi connectivity index (χ4v) is 5.33. The van der Waals surface area contributed by atoms with Gasteiger partial charge in [-0.15, -0.1) is 0 Å². The molecule has 0 spiro atoms. The molecule has 12 heteroatoms. The van der Waals surface area contributed by atoms with Crippen LogP contribution in [0.25, 0.3) is 5.82 Å². The lowest BCUT2D eigenvalue weighted by atomic mass is 10.1. The molecule has 0 radical (unpaired) electrons. The van der Waals surface area contributed by atoms with Gasteiger partial charge in [0.25, 0.3) is 0 Å². The van der Waals surface area contributed by atoms with E-state index in [1.807, 2.05) is 11.6 Å². The van der Waals surface area contributed by atoms with Crippen LogP contribution in [0.4, 0.5) is 11.6 Å². The molecule has 12 nitrogen and oxygen atoms in total. The van der Waals surface area contributed by atoms with Gasteiger partial charge in [0.05, 0.1) is 12.2 Å². The van der Waals surface area contributed by atoms with Gasteiger partial charge in [0, 0.05) is 49.5 Å². The summed E-state index contributed by atoms with van der Waals surface area (Å²) in [6.45, 7) is 8.08. The van der Waals surface area contributed by atoms with E-state index < -0.39 is 12.0 Å². The minimum Gasteiger partial charge on any atom is -0.480 e. The van der Waals surface area contributed by atoms with Crippen molar-refractivity contribution in [1.82, 2.24) is 39.4 Å². The highest BCUT2D eigenvalue weighted by atomic mass is 16.4. The average molecular weight is 573 g/mol. The minimum atomic E-state index is -0.917. The molecule has 0 saturated heterocycles. The first-order chi connectivity index (χ1) is 20.4. The standard InChI is InChI=1S/C30H40N10O2/c1-22-19-23(2)39(37-22)18-17-38(14-4-3-8-25-10-9-24-7-5-12-31-29(24)35-25)16-11-26(30(41)42)36-27-20-28(33-21-32-27)40-15-6-13-34-40/h6,9-10,13,15,19-21,26H,3-5,7-8,11-12,14,16-18H2,1-2H3,(H,31,35)(H,41,42)(H,32,33,36)/t26-/m0/s1. The maximum absolute atomic E-state index is 12.2. The zero-order valence-corrected chi connectivity index (χ0v) is 24.4. The number of hydrogen-bond donors (Lipinski definition) is 3. The number of carbonyl (C=O) groups is 1. The van der Waals surface area contributed by atoms with Crippen molar-refractivity contribution in [2.75, 3.05) is 36.8 Å². The monoisotopic (exact) mass is 572 g/mol. The Morgan fingerprint density at radius 2 is 2.07 bits per heavy atom. The van der Waals surface area contributed by atoms with Crippen LogP contribution in [0.5, 0.6) is 0 Å². The third kappa shape index (κ3) is 7.90. The molecule has 4 aromatic heterocycles. The van der Waals surface area contributed by atoms with E-state index in [1.54, 1.807) is 29.2 Å². The summed E-state index contributed by atoms with van der Waals surface area (Å²) in [4.78, 5) is 27.9. The van der Waals surface area contributed by atoms with Crippen molar-refractivity contribution in [3.05, 3.63) is 71.7 Å². The summed E-state index contributed by atoms with van der Waals surface area (Å²) < 4.78 is 3.64. The molecule has 222 valence electrons. The lowest BCUT2D eigenvalue weighted by Gasteiger charge is -2.25. The Morgan fingerprint density at radius 3 is 2.86 bits per heavy atom. The van der Waals surface area contributed by atoms with Gasteiger partial charge >= 0.3 is 5.97 Å². The normalized spacial score (nSPS) is 13.5. The van der Waals surface area contributed by atoms with Crippen molar-refractivity contribution in [2.24, 2.45) is 0 Å². The molecule has 1 atom stereocenters. The van der Waals surface area contributed by atoms with Gasteiger partial charge in [-0.3, -0.25) is 4.68 Å². The van der Waals surface area contributed by atoms with Crippen molar-refractivity contribution in [2.45, 2.75) is 65.0 Å². The van der Waals surface area contributed by atoms with Crippen LogP contribution in [0.2, 0.25) is 0 Å². The van der Waals surface area contributed by atoms with E-state index in [0.29, 0.717) is 24.6 Å². The number of anilines is 2. The van der Waals surface area contributed by atoms with Crippen molar-refractivity contribution in [3.63, 3.8) is 0 Å². The van der Waals surface area contributed by atoms with E-state index in [4.69, 9.17) is 4.98 Å². The number of aryl methyl sites for hydroxylation is 4. The summed E-state index contributed by atoms with van der Waals surface area (Å²) in [6.07, 6.45) is 10.5. The fraction of sp³-hybridized carbons (Fsp3) is 0.467. The van der Waals surface area contributed by atoms with Gasteiger partial charge in [-0.25, -0.2) is 24.4 Å². The molecular formula is C30H40N10O2. The number of carboxylic acid groups (broad SMARTS) is 1. The topological polar surface area (TPSA) is 139 Å². The van der Waals surface area contributed by atoms with E-state index >= 15 is 0 Å². The smallest absolute Gasteiger partial charge is 0.326 e. The molecule has 1 aliphatic heterocycles. The maximum atomic E-state index is 12.2. The number of rotatable bonds is 15. The number of nitrogens with zero attached hydrogens (tertiary/aromatic N) is 8. The van der Waals surface area contributed by atoms with Crippen LogP contribution in [0, 0.1) is 13.8 Å². The molecule has 5 rings (SSSR count). The molecule has 0 aliphatic carbocycles.